The number of nitrogens with zero attached hydrogens (tertiary/aromatic N) is 1. The quantitative estimate of drug-likeness (QED) is 0.853. The van der Waals surface area contributed by atoms with E-state index in [9.17, 15) is 9.59 Å². The molecule has 7 heteroatoms. The molecule has 1 atom stereocenters. The maximum atomic E-state index is 12.1. The van der Waals surface area contributed by atoms with Gasteiger partial charge in [0, 0.05) is 18.5 Å². The number of carbonyl (C=O) groups excluding carboxylic acids is 2. The fourth-order valence-electron chi connectivity index (χ4n) is 2.71. The number of morpholine rings is 1. The van der Waals surface area contributed by atoms with Crippen molar-refractivity contribution in [2.75, 3.05) is 37.8 Å². The van der Waals surface area contributed by atoms with Crippen LogP contribution in [0.1, 0.15) is 18.7 Å². The maximum Gasteiger partial charge on any atom is 0.232 e. The van der Waals surface area contributed by atoms with Gasteiger partial charge in [-0.1, -0.05) is 18.2 Å². The van der Waals surface area contributed by atoms with Crippen molar-refractivity contribution in [3.63, 3.8) is 0 Å². The van der Waals surface area contributed by atoms with Crippen LogP contribution in [-0.2, 0) is 14.3 Å². The fourth-order valence-corrected chi connectivity index (χ4v) is 3.43. The van der Waals surface area contributed by atoms with Crippen molar-refractivity contribution < 1.29 is 18.7 Å². The molecule has 1 fully saturated rings. The van der Waals surface area contributed by atoms with Crippen LogP contribution in [0.5, 0.6) is 0 Å². The van der Waals surface area contributed by atoms with Crippen LogP contribution in [0.4, 0.5) is 0 Å². The monoisotopic (exact) mass is 362 g/mol. The number of hydrogen-bond donors (Lipinski definition) is 1. The SMILES string of the molecule is CC(NC(=O)CSCC(=O)N1CCOCC1)c1cc2ccccc2o1. The highest BCUT2D eigenvalue weighted by Crippen LogP contribution is 2.23. The highest BCUT2D eigenvalue weighted by Gasteiger charge is 2.18. The Morgan fingerprint density at radius 1 is 1.24 bits per heavy atom. The lowest BCUT2D eigenvalue weighted by Gasteiger charge is -2.26. The third-order valence-corrected chi connectivity index (χ3v) is 4.99. The van der Waals surface area contributed by atoms with E-state index in [4.69, 9.17) is 9.15 Å². The van der Waals surface area contributed by atoms with Gasteiger partial charge in [-0.3, -0.25) is 9.59 Å². The van der Waals surface area contributed by atoms with Crippen molar-refractivity contribution in [1.29, 1.82) is 0 Å². The van der Waals surface area contributed by atoms with E-state index in [0.717, 1.165) is 16.7 Å². The molecule has 1 N–H and O–H groups in total. The largest absolute Gasteiger partial charge is 0.459 e. The molecule has 134 valence electrons. The smallest absolute Gasteiger partial charge is 0.232 e. The van der Waals surface area contributed by atoms with Crippen LogP contribution in [0.3, 0.4) is 0 Å². The van der Waals surface area contributed by atoms with Gasteiger partial charge in [-0.05, 0) is 19.1 Å². The molecule has 1 saturated heterocycles. The van der Waals surface area contributed by atoms with Crippen molar-refractivity contribution in [2.45, 2.75) is 13.0 Å². The number of carbonyl (C=O) groups is 2. The molecule has 3 rings (SSSR count). The van der Waals surface area contributed by atoms with Crippen LogP contribution in [0.2, 0.25) is 0 Å². The average Bonchev–Trinajstić information content (AvgIpc) is 3.06. The first-order valence-corrected chi connectivity index (χ1v) is 9.50. The third-order valence-electron chi connectivity index (χ3n) is 4.07. The van der Waals surface area contributed by atoms with E-state index in [2.05, 4.69) is 5.32 Å². The van der Waals surface area contributed by atoms with E-state index >= 15 is 0 Å². The third kappa shape index (κ3) is 4.76. The minimum absolute atomic E-state index is 0.0615. The van der Waals surface area contributed by atoms with Gasteiger partial charge in [-0.25, -0.2) is 0 Å². The van der Waals surface area contributed by atoms with E-state index in [1.54, 1.807) is 4.90 Å². The van der Waals surface area contributed by atoms with Gasteiger partial charge in [0.05, 0.1) is 30.8 Å². The molecule has 1 aromatic carbocycles. The summed E-state index contributed by atoms with van der Waals surface area (Å²) in [6, 6.07) is 9.48. The Morgan fingerprint density at radius 2 is 2.00 bits per heavy atom. The van der Waals surface area contributed by atoms with Gasteiger partial charge in [0.25, 0.3) is 0 Å². The van der Waals surface area contributed by atoms with Gasteiger partial charge < -0.3 is 19.4 Å². The molecule has 25 heavy (non-hydrogen) atoms. The highest BCUT2D eigenvalue weighted by atomic mass is 32.2. The zero-order chi connectivity index (χ0) is 17.6. The molecule has 0 radical (unpaired) electrons. The Bertz CT molecular complexity index is 707. The Morgan fingerprint density at radius 3 is 2.76 bits per heavy atom. The minimum atomic E-state index is -0.213. The second-order valence-corrected chi connectivity index (χ2v) is 6.95. The van der Waals surface area contributed by atoms with Crippen molar-refractivity contribution >= 4 is 34.5 Å². The van der Waals surface area contributed by atoms with Crippen molar-refractivity contribution in [3.8, 4) is 0 Å². The second kappa shape index (κ2) is 8.40. The van der Waals surface area contributed by atoms with Crippen LogP contribution in [0.25, 0.3) is 11.0 Å². The lowest BCUT2D eigenvalue weighted by molar-refractivity contribution is -0.132. The molecule has 2 aromatic rings. The van der Waals surface area contributed by atoms with Crippen molar-refractivity contribution in [1.82, 2.24) is 10.2 Å². The second-order valence-electron chi connectivity index (χ2n) is 5.96. The van der Waals surface area contributed by atoms with Gasteiger partial charge in [0.15, 0.2) is 0 Å². The molecule has 1 aliphatic heterocycles. The molecule has 1 unspecified atom stereocenters. The molecule has 0 bridgehead atoms. The number of rotatable bonds is 6. The maximum absolute atomic E-state index is 12.1. The van der Waals surface area contributed by atoms with Gasteiger partial charge in [-0.2, -0.15) is 0 Å². The Hall–Kier alpha value is -1.99. The number of hydrogen-bond acceptors (Lipinski definition) is 5. The van der Waals surface area contributed by atoms with Crippen LogP contribution in [-0.4, -0.2) is 54.5 Å². The number of benzene rings is 1. The molecular formula is C18H22N2O4S. The van der Waals surface area contributed by atoms with E-state index in [1.165, 1.54) is 11.8 Å². The first-order valence-electron chi connectivity index (χ1n) is 8.34. The molecule has 1 aliphatic rings. The highest BCUT2D eigenvalue weighted by molar-refractivity contribution is 8.00. The summed E-state index contributed by atoms with van der Waals surface area (Å²) in [6.45, 7) is 4.33. The lowest BCUT2D eigenvalue weighted by atomic mass is 10.2. The zero-order valence-electron chi connectivity index (χ0n) is 14.2. The number of fused-ring (bicyclic) bond motifs is 1. The van der Waals surface area contributed by atoms with E-state index in [1.807, 2.05) is 37.3 Å². The summed E-state index contributed by atoms with van der Waals surface area (Å²) in [5, 5.41) is 3.93. The minimum Gasteiger partial charge on any atom is -0.459 e. The predicted octanol–water partition coefficient (Wildman–Crippen LogP) is 2.20. The fraction of sp³-hybridized carbons (Fsp3) is 0.444. The average molecular weight is 362 g/mol. The molecule has 0 spiro atoms. The number of para-hydroxylation sites is 1. The number of nitrogens with one attached hydrogen (secondary N) is 1. The summed E-state index contributed by atoms with van der Waals surface area (Å²) in [5.74, 6) is 1.25. The number of ether oxygens (including phenoxy) is 1. The standard InChI is InChI=1S/C18H22N2O4S/c1-13(16-10-14-4-2-3-5-15(14)24-16)19-17(21)11-25-12-18(22)20-6-8-23-9-7-20/h2-5,10,13H,6-9,11-12H2,1H3,(H,19,21). The van der Waals surface area contributed by atoms with Gasteiger partial charge in [0.1, 0.15) is 11.3 Å². The van der Waals surface area contributed by atoms with E-state index in [-0.39, 0.29) is 23.6 Å². The molecule has 2 amide bonds. The first kappa shape index (κ1) is 17.8. The number of thioether (sulfide) groups is 1. The summed E-state index contributed by atoms with van der Waals surface area (Å²) < 4.78 is 11.0. The van der Waals surface area contributed by atoms with Crippen molar-refractivity contribution in [2.24, 2.45) is 0 Å². The Balaban J connectivity index is 1.43. The van der Waals surface area contributed by atoms with Gasteiger partial charge in [0.2, 0.25) is 11.8 Å². The first-order chi connectivity index (χ1) is 12.1. The zero-order valence-corrected chi connectivity index (χ0v) is 15.0. The van der Waals surface area contributed by atoms with Gasteiger partial charge in [-0.15, -0.1) is 11.8 Å². The van der Waals surface area contributed by atoms with Crippen LogP contribution >= 0.6 is 11.8 Å². The number of amides is 2. The normalized spacial score (nSPS) is 16.0. The van der Waals surface area contributed by atoms with Crippen LogP contribution in [0.15, 0.2) is 34.7 Å². The molecule has 2 heterocycles. The molecule has 6 nitrogen and oxygen atoms in total. The topological polar surface area (TPSA) is 71.8 Å². The Kier molecular flexibility index (Phi) is 5.99. The summed E-state index contributed by atoms with van der Waals surface area (Å²) in [7, 11) is 0. The molecule has 0 saturated carbocycles. The summed E-state index contributed by atoms with van der Waals surface area (Å²) in [5.41, 5.74) is 0.809. The van der Waals surface area contributed by atoms with E-state index < -0.39 is 0 Å². The lowest BCUT2D eigenvalue weighted by Crippen LogP contribution is -2.41. The van der Waals surface area contributed by atoms with Gasteiger partial charge >= 0.3 is 0 Å². The van der Waals surface area contributed by atoms with Crippen LogP contribution in [0, 0.1) is 0 Å². The Labute approximate surface area is 150 Å². The van der Waals surface area contributed by atoms with Crippen LogP contribution < -0.4 is 5.32 Å². The number of furan rings is 1. The van der Waals surface area contributed by atoms with E-state index in [0.29, 0.717) is 32.1 Å². The summed E-state index contributed by atoms with van der Waals surface area (Å²) >= 11 is 1.33. The molecule has 0 aliphatic carbocycles. The summed E-state index contributed by atoms with van der Waals surface area (Å²) in [4.78, 5) is 25.9. The molecule has 1 aromatic heterocycles. The predicted molar refractivity (Wildman–Crippen MR) is 97.5 cm³/mol. The molecular weight excluding hydrogens is 340 g/mol. The van der Waals surface area contributed by atoms with Crippen molar-refractivity contribution in [3.05, 3.63) is 36.1 Å². The summed E-state index contributed by atoms with van der Waals surface area (Å²) in [6.07, 6.45) is 0.